The zero-order valence-electron chi connectivity index (χ0n) is 16.8. The van der Waals surface area contributed by atoms with E-state index in [1.807, 2.05) is 42.5 Å². The number of benzene rings is 3. The topological polar surface area (TPSA) is 62.1 Å². The van der Waals surface area contributed by atoms with Crippen molar-refractivity contribution in [1.82, 2.24) is 0 Å². The first-order chi connectivity index (χ1) is 14.6. The number of ether oxygens (including phenoxy) is 1. The second kappa shape index (κ2) is 8.67. The van der Waals surface area contributed by atoms with Crippen LogP contribution in [0.5, 0.6) is 5.75 Å². The summed E-state index contributed by atoms with van der Waals surface area (Å²) in [5, 5.41) is 11.7. The molecule has 0 saturated carbocycles. The number of amides is 1. The Morgan fingerprint density at radius 1 is 1.03 bits per heavy atom. The Bertz CT molecular complexity index is 1140. The number of aryl methyl sites for hydroxylation is 1. The first-order valence-corrected chi connectivity index (χ1v) is 9.94. The molecule has 0 bridgehead atoms. The van der Waals surface area contributed by atoms with Gasteiger partial charge < -0.3 is 10.1 Å². The van der Waals surface area contributed by atoms with Crippen LogP contribution in [0, 0.1) is 18.3 Å². The average molecular weight is 394 g/mol. The highest BCUT2D eigenvalue weighted by molar-refractivity contribution is 6.07. The van der Waals surface area contributed by atoms with E-state index in [-0.39, 0.29) is 5.91 Å². The van der Waals surface area contributed by atoms with E-state index in [4.69, 9.17) is 10.00 Å². The van der Waals surface area contributed by atoms with Gasteiger partial charge in [0.2, 0.25) is 0 Å². The Kier molecular flexibility index (Phi) is 5.63. The molecule has 1 aliphatic rings. The van der Waals surface area contributed by atoms with Crippen LogP contribution in [0.15, 0.2) is 72.3 Å². The van der Waals surface area contributed by atoms with Crippen molar-refractivity contribution >= 4 is 17.7 Å². The van der Waals surface area contributed by atoms with E-state index < -0.39 is 0 Å². The van der Waals surface area contributed by atoms with E-state index in [0.29, 0.717) is 30.7 Å². The maximum Gasteiger partial charge on any atom is 0.251 e. The molecule has 0 fully saturated rings. The van der Waals surface area contributed by atoms with Crippen LogP contribution in [-0.2, 0) is 11.2 Å². The van der Waals surface area contributed by atoms with Gasteiger partial charge in [0, 0.05) is 23.2 Å². The smallest absolute Gasteiger partial charge is 0.251 e. The summed E-state index contributed by atoms with van der Waals surface area (Å²) in [6.07, 6.45) is 2.81. The van der Waals surface area contributed by atoms with Crippen molar-refractivity contribution in [3.8, 4) is 22.9 Å². The fourth-order valence-electron chi connectivity index (χ4n) is 3.44. The monoisotopic (exact) mass is 394 g/mol. The lowest BCUT2D eigenvalue weighted by Crippen LogP contribution is -2.15. The lowest BCUT2D eigenvalue weighted by Gasteiger charge is -2.09. The van der Waals surface area contributed by atoms with Gasteiger partial charge >= 0.3 is 0 Å². The van der Waals surface area contributed by atoms with Crippen molar-refractivity contribution in [3.05, 3.63) is 89.0 Å². The number of carbonyl (C=O) groups excluding carboxylic acids is 1. The number of hydrogen-bond donors (Lipinski definition) is 1. The third-order valence-electron chi connectivity index (χ3n) is 5.14. The summed E-state index contributed by atoms with van der Waals surface area (Å²) in [6, 6.07) is 23.9. The molecule has 3 aromatic rings. The third kappa shape index (κ3) is 4.42. The quantitative estimate of drug-likeness (QED) is 0.633. The molecule has 0 unspecified atom stereocenters. The molecule has 0 saturated heterocycles. The van der Waals surface area contributed by atoms with Gasteiger partial charge in [-0.1, -0.05) is 48.0 Å². The van der Waals surface area contributed by atoms with Gasteiger partial charge in [-0.05, 0) is 54.0 Å². The van der Waals surface area contributed by atoms with Gasteiger partial charge in [0.25, 0.3) is 5.91 Å². The van der Waals surface area contributed by atoms with Crippen molar-refractivity contribution in [2.75, 3.05) is 11.9 Å². The Morgan fingerprint density at radius 3 is 2.50 bits per heavy atom. The van der Waals surface area contributed by atoms with Crippen LogP contribution < -0.4 is 10.1 Å². The fraction of sp³-hybridized carbons (Fsp3) is 0.154. The summed E-state index contributed by atoms with van der Waals surface area (Å²) < 4.78 is 5.87. The summed E-state index contributed by atoms with van der Waals surface area (Å²) in [4.78, 5) is 12.8. The van der Waals surface area contributed by atoms with E-state index in [2.05, 4.69) is 48.6 Å². The summed E-state index contributed by atoms with van der Waals surface area (Å²) in [5.41, 5.74) is 6.65. The standard InChI is InChI=1S/C26H22N2O2/c1-18-2-6-20(7-3-18)21-8-11-25-23(16-21)17-22(13-15-30-25)26(29)28-24-9-4-19(5-10-24)12-14-27/h2-11,16-17H,12-13,15H2,1H3,(H,28,29). The molecule has 1 amide bonds. The van der Waals surface area contributed by atoms with E-state index >= 15 is 0 Å². The molecular formula is C26H22N2O2. The van der Waals surface area contributed by atoms with E-state index in [9.17, 15) is 4.79 Å². The molecule has 4 nitrogen and oxygen atoms in total. The van der Waals surface area contributed by atoms with Gasteiger partial charge in [-0.3, -0.25) is 4.79 Å². The molecular weight excluding hydrogens is 372 g/mol. The zero-order chi connectivity index (χ0) is 20.9. The highest BCUT2D eigenvalue weighted by Gasteiger charge is 2.16. The van der Waals surface area contributed by atoms with Crippen molar-refractivity contribution in [3.63, 3.8) is 0 Å². The Hall–Kier alpha value is -3.84. The van der Waals surface area contributed by atoms with Gasteiger partial charge in [0.05, 0.1) is 19.1 Å². The van der Waals surface area contributed by atoms with E-state index in [1.54, 1.807) is 0 Å². The van der Waals surface area contributed by atoms with Gasteiger partial charge in [-0.2, -0.15) is 5.26 Å². The van der Waals surface area contributed by atoms with Gasteiger partial charge in [0.1, 0.15) is 5.75 Å². The molecule has 0 aromatic heterocycles. The summed E-state index contributed by atoms with van der Waals surface area (Å²) in [6.45, 7) is 2.52. The van der Waals surface area contributed by atoms with Gasteiger partial charge in [-0.15, -0.1) is 0 Å². The number of rotatable bonds is 4. The molecule has 148 valence electrons. The van der Waals surface area contributed by atoms with Crippen LogP contribution in [0.3, 0.4) is 0 Å². The highest BCUT2D eigenvalue weighted by atomic mass is 16.5. The van der Waals surface area contributed by atoms with Crippen molar-refractivity contribution in [2.24, 2.45) is 0 Å². The minimum Gasteiger partial charge on any atom is -0.493 e. The van der Waals surface area contributed by atoms with Crippen LogP contribution in [-0.4, -0.2) is 12.5 Å². The van der Waals surface area contributed by atoms with Crippen LogP contribution in [0.1, 0.15) is 23.1 Å². The summed E-state index contributed by atoms with van der Waals surface area (Å²) in [5.74, 6) is 0.648. The first-order valence-electron chi connectivity index (χ1n) is 9.94. The number of nitriles is 1. The van der Waals surface area contributed by atoms with E-state index in [1.165, 1.54) is 5.56 Å². The summed E-state index contributed by atoms with van der Waals surface area (Å²) in [7, 11) is 0. The molecule has 3 aromatic carbocycles. The van der Waals surface area contributed by atoms with Crippen molar-refractivity contribution < 1.29 is 9.53 Å². The number of hydrogen-bond acceptors (Lipinski definition) is 3. The lowest BCUT2D eigenvalue weighted by atomic mass is 10.00. The minimum absolute atomic E-state index is 0.139. The molecule has 0 atom stereocenters. The molecule has 0 radical (unpaired) electrons. The number of fused-ring (bicyclic) bond motifs is 1. The summed E-state index contributed by atoms with van der Waals surface area (Å²) >= 11 is 0. The molecule has 0 aliphatic carbocycles. The maximum atomic E-state index is 12.8. The van der Waals surface area contributed by atoms with Gasteiger partial charge in [0.15, 0.2) is 0 Å². The molecule has 0 spiro atoms. The largest absolute Gasteiger partial charge is 0.493 e. The second-order valence-corrected chi connectivity index (χ2v) is 7.37. The van der Waals surface area contributed by atoms with Gasteiger partial charge in [-0.25, -0.2) is 0 Å². The Morgan fingerprint density at radius 2 is 1.77 bits per heavy atom. The molecule has 4 heteroatoms. The second-order valence-electron chi connectivity index (χ2n) is 7.37. The minimum atomic E-state index is -0.139. The molecule has 30 heavy (non-hydrogen) atoms. The molecule has 1 N–H and O–H groups in total. The number of nitrogens with one attached hydrogen (secondary N) is 1. The predicted octanol–water partition coefficient (Wildman–Crippen LogP) is 5.53. The number of carbonyl (C=O) groups is 1. The Labute approximate surface area is 176 Å². The Balaban J connectivity index is 1.57. The van der Waals surface area contributed by atoms with Crippen LogP contribution in [0.2, 0.25) is 0 Å². The molecule has 1 heterocycles. The van der Waals surface area contributed by atoms with Crippen molar-refractivity contribution in [2.45, 2.75) is 19.8 Å². The zero-order valence-corrected chi connectivity index (χ0v) is 16.8. The first kappa shape index (κ1) is 19.5. The van der Waals surface area contributed by atoms with Crippen LogP contribution in [0.25, 0.3) is 17.2 Å². The molecule has 4 rings (SSSR count). The predicted molar refractivity (Wildman–Crippen MR) is 119 cm³/mol. The third-order valence-corrected chi connectivity index (χ3v) is 5.14. The molecule has 1 aliphatic heterocycles. The number of anilines is 1. The van der Waals surface area contributed by atoms with Crippen LogP contribution in [0.4, 0.5) is 5.69 Å². The van der Waals surface area contributed by atoms with E-state index in [0.717, 1.165) is 28.0 Å². The van der Waals surface area contributed by atoms with Crippen LogP contribution >= 0.6 is 0 Å². The lowest BCUT2D eigenvalue weighted by molar-refractivity contribution is -0.113. The SMILES string of the molecule is Cc1ccc(-c2ccc3c(c2)C=C(C(=O)Nc2ccc(CC#N)cc2)CCO3)cc1. The highest BCUT2D eigenvalue weighted by Crippen LogP contribution is 2.31. The maximum absolute atomic E-state index is 12.8. The average Bonchev–Trinajstić information content (AvgIpc) is 2.98. The number of nitrogens with zero attached hydrogens (tertiary/aromatic N) is 1. The normalized spacial score (nSPS) is 12.6. The van der Waals surface area contributed by atoms with Crippen molar-refractivity contribution in [1.29, 1.82) is 5.26 Å². The fourth-order valence-corrected chi connectivity index (χ4v) is 3.44.